The van der Waals surface area contributed by atoms with E-state index < -0.39 is 5.91 Å². The molecule has 0 saturated carbocycles. The molecule has 0 radical (unpaired) electrons. The molecule has 10 nitrogen and oxygen atoms in total. The topological polar surface area (TPSA) is 150 Å². The number of aromatic nitrogens is 2. The minimum atomic E-state index is -0.438. The zero-order valence-corrected chi connectivity index (χ0v) is 22.3. The number of amides is 1. The van der Waals surface area contributed by atoms with Gasteiger partial charge in [0.2, 0.25) is 0 Å². The smallest absolute Gasteiger partial charge is 0.319 e. The number of nitrogens with one attached hydrogen (secondary N) is 1. The summed E-state index contributed by atoms with van der Waals surface area (Å²) in [5.41, 5.74) is 6.92. The van der Waals surface area contributed by atoms with Gasteiger partial charge in [0.1, 0.15) is 23.9 Å². The summed E-state index contributed by atoms with van der Waals surface area (Å²) in [6.45, 7) is 7.27. The number of rotatable bonds is 11. The van der Waals surface area contributed by atoms with Gasteiger partial charge in [-0.15, -0.1) is 0 Å². The van der Waals surface area contributed by atoms with Crippen molar-refractivity contribution < 1.29 is 14.6 Å². The van der Waals surface area contributed by atoms with Crippen molar-refractivity contribution >= 4 is 34.4 Å². The van der Waals surface area contributed by atoms with E-state index in [1.165, 1.54) is 19.2 Å². The van der Waals surface area contributed by atoms with Crippen LogP contribution in [0.3, 0.4) is 0 Å². The molecule has 0 fully saturated rings. The second kappa shape index (κ2) is 15.5. The number of carbonyl (C=O) groups is 1. The molecule has 0 saturated heterocycles. The average Bonchev–Trinajstić information content (AvgIpc) is 2.91. The van der Waals surface area contributed by atoms with Crippen LogP contribution in [0.15, 0.2) is 59.2 Å². The second-order valence-electron chi connectivity index (χ2n) is 8.19. The Bertz CT molecular complexity index is 1310. The van der Waals surface area contributed by atoms with Gasteiger partial charge in [-0.25, -0.2) is 0 Å². The van der Waals surface area contributed by atoms with Gasteiger partial charge in [-0.1, -0.05) is 38.1 Å². The molecule has 2 aromatic carbocycles. The number of ether oxygens (including phenoxy) is 1. The Hall–Kier alpha value is -4.65. The van der Waals surface area contributed by atoms with Crippen LogP contribution in [0.1, 0.15) is 44.1 Å². The van der Waals surface area contributed by atoms with Gasteiger partial charge in [0.25, 0.3) is 5.91 Å². The summed E-state index contributed by atoms with van der Waals surface area (Å²) in [5.74, 6) is 0.223. The van der Waals surface area contributed by atoms with Crippen LogP contribution in [-0.2, 0) is 0 Å². The Morgan fingerprint density at radius 2 is 1.89 bits per heavy atom. The fourth-order valence-corrected chi connectivity index (χ4v) is 3.66. The van der Waals surface area contributed by atoms with Crippen molar-refractivity contribution in [3.63, 3.8) is 0 Å². The number of nitrogens with two attached hydrogens (primary N) is 1. The molecule has 1 heterocycles. The molecule has 0 aliphatic heterocycles. The number of nitrogens with zero attached hydrogens (tertiary/aromatic N) is 5. The summed E-state index contributed by atoms with van der Waals surface area (Å²) in [6.07, 6.45) is 4.83. The molecule has 1 amide bonds. The lowest BCUT2D eigenvalue weighted by Gasteiger charge is -2.23. The zero-order chi connectivity index (χ0) is 27.9. The summed E-state index contributed by atoms with van der Waals surface area (Å²) in [7, 11) is 1.64. The monoisotopic (exact) mass is 517 g/mol. The number of fused-ring (bicyclic) bond motifs is 1. The van der Waals surface area contributed by atoms with Crippen molar-refractivity contribution in [2.45, 2.75) is 33.6 Å². The van der Waals surface area contributed by atoms with Crippen molar-refractivity contribution in [3.05, 3.63) is 59.9 Å². The minimum absolute atomic E-state index is 0.0576. The first-order valence-electron chi connectivity index (χ1n) is 12.3. The van der Waals surface area contributed by atoms with Crippen LogP contribution in [0, 0.1) is 11.3 Å². The highest BCUT2D eigenvalue weighted by Crippen LogP contribution is 2.29. The van der Waals surface area contributed by atoms with Crippen LogP contribution >= 0.6 is 0 Å². The second-order valence-corrected chi connectivity index (χ2v) is 8.19. The molecule has 1 aromatic heterocycles. The Morgan fingerprint density at radius 1 is 1.21 bits per heavy atom. The van der Waals surface area contributed by atoms with Crippen molar-refractivity contribution in [1.82, 2.24) is 9.97 Å². The third-order valence-electron chi connectivity index (χ3n) is 5.21. The highest BCUT2D eigenvalue weighted by Gasteiger charge is 2.18. The molecular formula is C28H35N7O3. The number of benzene rings is 2. The number of hydrogen-bond acceptors (Lipinski definition) is 9. The molecule has 0 spiro atoms. The van der Waals surface area contributed by atoms with Gasteiger partial charge in [0, 0.05) is 62.6 Å². The number of carbonyl (C=O) groups excluding carboxylic acids is 1. The maximum absolute atomic E-state index is 13.3. The lowest BCUT2D eigenvalue weighted by molar-refractivity contribution is 0.102. The Balaban J connectivity index is 0.00000161. The molecule has 38 heavy (non-hydrogen) atoms. The Kier molecular flexibility index (Phi) is 12.0. The molecule has 3 aromatic rings. The van der Waals surface area contributed by atoms with Gasteiger partial charge >= 0.3 is 6.01 Å². The highest BCUT2D eigenvalue weighted by molar-refractivity contribution is 6.09. The Labute approximate surface area is 223 Å². The van der Waals surface area contributed by atoms with Gasteiger partial charge in [0.15, 0.2) is 0 Å². The van der Waals surface area contributed by atoms with Crippen LogP contribution in [-0.4, -0.2) is 53.9 Å². The van der Waals surface area contributed by atoms with Crippen LogP contribution in [0.4, 0.5) is 11.5 Å². The van der Waals surface area contributed by atoms with Crippen LogP contribution < -0.4 is 20.7 Å². The quantitative estimate of drug-likeness (QED) is 0.311. The number of phenols is 1. The Morgan fingerprint density at radius 3 is 2.53 bits per heavy atom. The maximum atomic E-state index is 13.3. The SMILES string of the molecule is CC#N.CCCN(CCC)c1cc(C(=O)Nc2cc(O)cc3ccccc23)nc(OC/C(C=NC)=C/N)n1. The van der Waals surface area contributed by atoms with E-state index in [4.69, 9.17) is 15.7 Å². The van der Waals surface area contributed by atoms with E-state index in [0.717, 1.165) is 36.7 Å². The van der Waals surface area contributed by atoms with E-state index in [0.29, 0.717) is 17.1 Å². The van der Waals surface area contributed by atoms with Crippen molar-refractivity contribution in [1.29, 1.82) is 5.26 Å². The molecular weight excluding hydrogens is 482 g/mol. The van der Waals surface area contributed by atoms with E-state index in [-0.39, 0.29) is 24.1 Å². The summed E-state index contributed by atoms with van der Waals surface area (Å²) in [4.78, 5) is 28.3. The molecule has 0 unspecified atom stereocenters. The number of hydrogen-bond donors (Lipinski definition) is 3. The number of anilines is 2. The van der Waals surface area contributed by atoms with Crippen molar-refractivity contribution in [3.8, 4) is 17.8 Å². The zero-order valence-electron chi connectivity index (χ0n) is 22.3. The van der Waals surface area contributed by atoms with E-state index in [2.05, 4.69) is 39.0 Å². The van der Waals surface area contributed by atoms with Gasteiger partial charge in [-0.3, -0.25) is 9.79 Å². The summed E-state index contributed by atoms with van der Waals surface area (Å²) in [6, 6.07) is 14.1. The number of nitriles is 1. The summed E-state index contributed by atoms with van der Waals surface area (Å²) < 4.78 is 5.78. The fraction of sp³-hybridized carbons (Fsp3) is 0.321. The molecule has 200 valence electrons. The van der Waals surface area contributed by atoms with E-state index in [1.54, 1.807) is 31.5 Å². The van der Waals surface area contributed by atoms with Gasteiger partial charge in [-0.2, -0.15) is 15.2 Å². The number of phenolic OH excluding ortho intramolecular Hbond substituents is 1. The normalized spacial score (nSPS) is 11.0. The number of aliphatic imine (C=N–C) groups is 1. The van der Waals surface area contributed by atoms with Gasteiger partial charge in [-0.05, 0) is 24.3 Å². The van der Waals surface area contributed by atoms with E-state index in [9.17, 15) is 9.90 Å². The predicted molar refractivity (Wildman–Crippen MR) is 152 cm³/mol. The predicted octanol–water partition coefficient (Wildman–Crippen LogP) is 4.67. The lowest BCUT2D eigenvalue weighted by Crippen LogP contribution is -2.27. The highest BCUT2D eigenvalue weighted by atomic mass is 16.5. The summed E-state index contributed by atoms with van der Waals surface area (Å²) in [5, 5.41) is 21.9. The molecule has 4 N–H and O–H groups in total. The first-order chi connectivity index (χ1) is 18.4. The average molecular weight is 518 g/mol. The van der Waals surface area contributed by atoms with Crippen LogP contribution in [0.5, 0.6) is 11.8 Å². The van der Waals surface area contributed by atoms with Gasteiger partial charge < -0.3 is 25.8 Å². The molecule has 0 atom stereocenters. The minimum Gasteiger partial charge on any atom is -0.508 e. The van der Waals surface area contributed by atoms with Crippen molar-refractivity contribution in [2.24, 2.45) is 10.7 Å². The molecule has 0 aliphatic rings. The lowest BCUT2D eigenvalue weighted by atomic mass is 10.1. The first-order valence-corrected chi connectivity index (χ1v) is 12.3. The maximum Gasteiger partial charge on any atom is 0.319 e. The van der Waals surface area contributed by atoms with E-state index in [1.807, 2.05) is 24.3 Å². The standard InChI is InChI=1S/C26H32N6O3.C2H3N/c1-4-10-32(11-5-2)24-14-23(30-26(31-24)35-17-18(15-27)16-28-3)25(34)29-22-13-20(33)12-19-8-6-7-9-21(19)22;1-2-3/h6-9,12-16,33H,4-5,10-11,17,27H2,1-3H3,(H,29,34);1H3/b18-15+,28-16?;. The first kappa shape index (κ1) is 29.6. The number of aromatic hydroxyl groups is 1. The molecule has 0 bridgehead atoms. The fourth-order valence-electron chi connectivity index (χ4n) is 3.66. The van der Waals surface area contributed by atoms with Gasteiger partial charge in [0.05, 0.1) is 11.8 Å². The van der Waals surface area contributed by atoms with Crippen LogP contribution in [0.25, 0.3) is 10.8 Å². The summed E-state index contributed by atoms with van der Waals surface area (Å²) >= 11 is 0. The largest absolute Gasteiger partial charge is 0.508 e. The molecule has 0 aliphatic carbocycles. The van der Waals surface area contributed by atoms with E-state index >= 15 is 0 Å². The molecule has 10 heteroatoms. The van der Waals surface area contributed by atoms with Crippen molar-refractivity contribution in [2.75, 3.05) is 37.0 Å². The van der Waals surface area contributed by atoms with Crippen LogP contribution in [0.2, 0.25) is 0 Å². The third-order valence-corrected chi connectivity index (χ3v) is 5.21. The third kappa shape index (κ3) is 8.48. The molecule has 3 rings (SSSR count).